The third kappa shape index (κ3) is 3.80. The van der Waals surface area contributed by atoms with Crippen LogP contribution in [0.5, 0.6) is 11.5 Å². The molecule has 0 aliphatic carbocycles. The van der Waals surface area contributed by atoms with E-state index in [1.165, 1.54) is 6.07 Å². The van der Waals surface area contributed by atoms with E-state index in [1.54, 1.807) is 18.2 Å². The van der Waals surface area contributed by atoms with Crippen molar-refractivity contribution in [3.05, 3.63) is 41.5 Å². The Morgan fingerprint density at radius 1 is 1.08 bits per heavy atom. The first-order valence-corrected chi connectivity index (χ1v) is 9.51. The van der Waals surface area contributed by atoms with Crippen molar-refractivity contribution >= 4 is 15.7 Å². The molecule has 0 heterocycles. The zero-order valence-electron chi connectivity index (χ0n) is 13.7. The first-order chi connectivity index (χ1) is 11.3. The van der Waals surface area contributed by atoms with Gasteiger partial charge in [0.2, 0.25) is 10.0 Å². The van der Waals surface area contributed by atoms with Crippen LogP contribution in [-0.4, -0.2) is 31.4 Å². The molecule has 6 nitrogen and oxygen atoms in total. The van der Waals surface area contributed by atoms with Crippen LogP contribution < -0.4 is 10.5 Å². The molecule has 0 fully saturated rings. The predicted molar refractivity (Wildman–Crippen MR) is 95.8 cm³/mol. The molecule has 24 heavy (non-hydrogen) atoms. The summed E-state index contributed by atoms with van der Waals surface area (Å²) in [5.74, 6) is -0.541. The smallest absolute Gasteiger partial charge is 0.229 e. The molecule has 0 bridgehead atoms. The highest BCUT2D eigenvalue weighted by Crippen LogP contribution is 2.44. The second kappa shape index (κ2) is 7.11. The molecule has 0 aliphatic heterocycles. The number of nitrogens with two attached hydrogens (primary N) is 1. The Bertz CT molecular complexity index is 848. The van der Waals surface area contributed by atoms with Crippen molar-refractivity contribution in [3.63, 3.8) is 0 Å². The number of aryl methyl sites for hydroxylation is 1. The number of rotatable bonds is 6. The standard InChI is InChI=1S/C17H22N2O4S/c1-3-11-5-4-6-13(19-24(2,22)23)15(11)16-12(9-10-18)7-8-14(20)17(16)21/h4-8,19-21H,3,9-10,18H2,1-2H3. The summed E-state index contributed by atoms with van der Waals surface area (Å²) >= 11 is 0. The number of phenolic OH excluding ortho intramolecular Hbond substituents is 2. The molecule has 0 saturated carbocycles. The van der Waals surface area contributed by atoms with E-state index >= 15 is 0 Å². The fraction of sp³-hybridized carbons (Fsp3) is 0.294. The second-order valence-electron chi connectivity index (χ2n) is 5.57. The SMILES string of the molecule is CCc1cccc(NS(C)(=O)=O)c1-c1c(CCN)ccc(O)c1O. The van der Waals surface area contributed by atoms with E-state index in [2.05, 4.69) is 4.72 Å². The van der Waals surface area contributed by atoms with Gasteiger partial charge in [0.1, 0.15) is 0 Å². The average molecular weight is 350 g/mol. The van der Waals surface area contributed by atoms with Gasteiger partial charge in [-0.05, 0) is 42.6 Å². The molecule has 2 rings (SSSR count). The highest BCUT2D eigenvalue weighted by Gasteiger charge is 2.20. The lowest BCUT2D eigenvalue weighted by atomic mass is 9.90. The Labute approximate surface area is 142 Å². The molecule has 5 N–H and O–H groups in total. The average Bonchev–Trinajstić information content (AvgIpc) is 2.50. The van der Waals surface area contributed by atoms with Gasteiger partial charge in [-0.15, -0.1) is 0 Å². The zero-order chi connectivity index (χ0) is 17.9. The first kappa shape index (κ1) is 18.1. The van der Waals surface area contributed by atoms with Gasteiger partial charge in [-0.25, -0.2) is 8.42 Å². The number of hydrogen-bond acceptors (Lipinski definition) is 5. The van der Waals surface area contributed by atoms with Crippen LogP contribution in [0.15, 0.2) is 30.3 Å². The molecule has 2 aromatic carbocycles. The Morgan fingerprint density at radius 2 is 1.79 bits per heavy atom. The van der Waals surface area contributed by atoms with Crippen molar-refractivity contribution in [2.45, 2.75) is 19.8 Å². The Hall–Kier alpha value is -2.25. The molecule has 0 spiro atoms. The van der Waals surface area contributed by atoms with Gasteiger partial charge in [0.25, 0.3) is 0 Å². The lowest BCUT2D eigenvalue weighted by Gasteiger charge is -2.19. The van der Waals surface area contributed by atoms with E-state index in [1.807, 2.05) is 13.0 Å². The predicted octanol–water partition coefficient (Wildman–Crippen LogP) is 2.20. The number of phenols is 2. The van der Waals surface area contributed by atoms with Gasteiger partial charge >= 0.3 is 0 Å². The summed E-state index contributed by atoms with van der Waals surface area (Å²) in [4.78, 5) is 0. The van der Waals surface area contributed by atoms with Crippen LogP contribution in [0.3, 0.4) is 0 Å². The lowest BCUT2D eigenvalue weighted by molar-refractivity contribution is 0.404. The molecule has 0 saturated heterocycles. The largest absolute Gasteiger partial charge is 0.504 e. The molecule has 0 aliphatic rings. The van der Waals surface area contributed by atoms with Crippen LogP contribution in [0.4, 0.5) is 5.69 Å². The van der Waals surface area contributed by atoms with Crippen molar-refractivity contribution in [2.75, 3.05) is 17.5 Å². The van der Waals surface area contributed by atoms with Gasteiger partial charge in [0.05, 0.1) is 11.9 Å². The number of anilines is 1. The van der Waals surface area contributed by atoms with Gasteiger partial charge in [-0.1, -0.05) is 25.1 Å². The van der Waals surface area contributed by atoms with Gasteiger partial charge in [-0.2, -0.15) is 0 Å². The number of sulfonamides is 1. The lowest BCUT2D eigenvalue weighted by Crippen LogP contribution is -2.12. The minimum Gasteiger partial charge on any atom is -0.504 e. The fourth-order valence-corrected chi connectivity index (χ4v) is 3.31. The molecule has 0 unspecified atom stereocenters. The van der Waals surface area contributed by atoms with Crippen molar-refractivity contribution in [2.24, 2.45) is 5.73 Å². The molecule has 7 heteroatoms. The molecular formula is C17H22N2O4S. The van der Waals surface area contributed by atoms with Crippen molar-refractivity contribution < 1.29 is 18.6 Å². The molecular weight excluding hydrogens is 328 g/mol. The van der Waals surface area contributed by atoms with Crippen LogP contribution in [-0.2, 0) is 22.9 Å². The quantitative estimate of drug-likeness (QED) is 0.597. The monoisotopic (exact) mass is 350 g/mol. The summed E-state index contributed by atoms with van der Waals surface area (Å²) in [5.41, 5.74) is 8.56. The summed E-state index contributed by atoms with van der Waals surface area (Å²) < 4.78 is 25.9. The Kier molecular flexibility index (Phi) is 5.36. The van der Waals surface area contributed by atoms with Crippen LogP contribution in [0.1, 0.15) is 18.1 Å². The van der Waals surface area contributed by atoms with E-state index in [0.29, 0.717) is 36.2 Å². The number of benzene rings is 2. The summed E-state index contributed by atoms with van der Waals surface area (Å²) in [6.07, 6.45) is 2.18. The molecule has 0 aromatic heterocycles. The normalized spacial score (nSPS) is 11.5. The third-order valence-corrected chi connectivity index (χ3v) is 4.32. The summed E-state index contributed by atoms with van der Waals surface area (Å²) in [5, 5.41) is 20.4. The van der Waals surface area contributed by atoms with Crippen LogP contribution in [0.2, 0.25) is 0 Å². The molecule has 0 radical (unpaired) electrons. The van der Waals surface area contributed by atoms with Gasteiger partial charge in [0, 0.05) is 11.1 Å². The van der Waals surface area contributed by atoms with E-state index in [4.69, 9.17) is 5.73 Å². The maximum absolute atomic E-state index is 11.7. The van der Waals surface area contributed by atoms with Crippen LogP contribution in [0.25, 0.3) is 11.1 Å². The maximum atomic E-state index is 11.7. The van der Waals surface area contributed by atoms with E-state index in [9.17, 15) is 18.6 Å². The summed E-state index contributed by atoms with van der Waals surface area (Å²) in [7, 11) is -3.50. The van der Waals surface area contributed by atoms with E-state index < -0.39 is 10.0 Å². The summed E-state index contributed by atoms with van der Waals surface area (Å²) in [6.45, 7) is 2.30. The van der Waals surface area contributed by atoms with Gasteiger partial charge < -0.3 is 15.9 Å². The molecule has 2 aromatic rings. The minimum atomic E-state index is -3.50. The van der Waals surface area contributed by atoms with Gasteiger partial charge in [0.15, 0.2) is 11.5 Å². The number of nitrogens with one attached hydrogen (secondary N) is 1. The number of aromatic hydroxyl groups is 2. The van der Waals surface area contributed by atoms with Gasteiger partial charge in [-0.3, -0.25) is 4.72 Å². The number of hydrogen-bond donors (Lipinski definition) is 4. The molecule has 130 valence electrons. The van der Waals surface area contributed by atoms with Crippen LogP contribution in [0, 0.1) is 0 Å². The highest BCUT2D eigenvalue weighted by atomic mass is 32.2. The zero-order valence-corrected chi connectivity index (χ0v) is 14.5. The fourth-order valence-electron chi connectivity index (χ4n) is 2.74. The van der Waals surface area contributed by atoms with Crippen molar-refractivity contribution in [3.8, 4) is 22.6 Å². The van der Waals surface area contributed by atoms with Crippen LogP contribution >= 0.6 is 0 Å². The third-order valence-electron chi connectivity index (χ3n) is 3.73. The Morgan fingerprint density at radius 3 is 2.38 bits per heavy atom. The maximum Gasteiger partial charge on any atom is 0.229 e. The minimum absolute atomic E-state index is 0.262. The Balaban J connectivity index is 2.82. The molecule has 0 atom stereocenters. The van der Waals surface area contributed by atoms with E-state index in [-0.39, 0.29) is 11.5 Å². The summed E-state index contributed by atoms with van der Waals surface area (Å²) in [6, 6.07) is 8.33. The van der Waals surface area contributed by atoms with Crippen molar-refractivity contribution in [1.82, 2.24) is 0 Å². The second-order valence-corrected chi connectivity index (χ2v) is 7.32. The first-order valence-electron chi connectivity index (χ1n) is 7.62. The molecule has 0 amide bonds. The van der Waals surface area contributed by atoms with E-state index in [0.717, 1.165) is 17.4 Å². The highest BCUT2D eigenvalue weighted by molar-refractivity contribution is 7.92. The topological polar surface area (TPSA) is 113 Å². The van der Waals surface area contributed by atoms with Crippen molar-refractivity contribution in [1.29, 1.82) is 0 Å².